The van der Waals surface area contributed by atoms with Gasteiger partial charge in [0, 0.05) is 6.42 Å². The molecule has 4 aliphatic carbocycles. The number of fused-ring (bicyclic) bond motifs is 5. The monoisotopic (exact) mass is 376 g/mol. The van der Waals surface area contributed by atoms with Crippen molar-refractivity contribution in [3.8, 4) is 0 Å². The van der Waals surface area contributed by atoms with Crippen molar-refractivity contribution in [2.75, 3.05) is 0 Å². The molecule has 134 valence electrons. The van der Waals surface area contributed by atoms with E-state index in [4.69, 9.17) is 4.18 Å². The van der Waals surface area contributed by atoms with Crippen molar-refractivity contribution in [1.82, 2.24) is 0 Å². The maximum atomic E-state index is 11.7. The second kappa shape index (κ2) is 7.02. The van der Waals surface area contributed by atoms with Crippen LogP contribution in [-0.2, 0) is 19.4 Å². The van der Waals surface area contributed by atoms with Crippen LogP contribution < -0.4 is 29.6 Å². The van der Waals surface area contributed by atoms with Gasteiger partial charge in [0.2, 0.25) is 10.4 Å². The van der Waals surface area contributed by atoms with Gasteiger partial charge < -0.3 is 4.55 Å². The Labute approximate surface area is 172 Å². The zero-order valence-corrected chi connectivity index (χ0v) is 17.9. The largest absolute Gasteiger partial charge is 1.00 e. The summed E-state index contributed by atoms with van der Waals surface area (Å²) in [7, 11) is -4.65. The van der Waals surface area contributed by atoms with Crippen molar-refractivity contribution in [3.63, 3.8) is 0 Å². The number of ketones is 1. The first kappa shape index (κ1) is 20.0. The summed E-state index contributed by atoms with van der Waals surface area (Å²) >= 11 is 0. The van der Waals surface area contributed by atoms with E-state index in [9.17, 15) is 17.8 Å². The first-order chi connectivity index (χ1) is 11.3. The molecule has 25 heavy (non-hydrogen) atoms. The van der Waals surface area contributed by atoms with E-state index in [0.29, 0.717) is 36.5 Å². The summed E-state index contributed by atoms with van der Waals surface area (Å²) in [5.74, 6) is 2.42. The smallest absolute Gasteiger partial charge is 0.726 e. The molecule has 5 nitrogen and oxygen atoms in total. The van der Waals surface area contributed by atoms with Crippen LogP contribution in [0.1, 0.15) is 58.3 Å². The first-order valence-corrected chi connectivity index (χ1v) is 10.5. The molecule has 0 amide bonds. The number of rotatable bonds is 2. The van der Waals surface area contributed by atoms with Crippen molar-refractivity contribution < 1.29 is 51.5 Å². The van der Waals surface area contributed by atoms with E-state index in [-0.39, 0.29) is 40.8 Å². The second-order valence-corrected chi connectivity index (χ2v) is 9.43. The SMILES string of the molecule is CC12CCC3C4CCC(=O)C=C4CCC3C1CCC2OS(=O)(=O)[O-].[Na+]. The quantitative estimate of drug-likeness (QED) is 0.384. The van der Waals surface area contributed by atoms with Gasteiger partial charge in [-0.25, -0.2) is 8.42 Å². The van der Waals surface area contributed by atoms with E-state index in [1.54, 1.807) is 0 Å². The normalized spacial score (nSPS) is 43.4. The molecule has 0 saturated heterocycles. The molecule has 4 aliphatic rings. The zero-order valence-electron chi connectivity index (χ0n) is 15.1. The van der Waals surface area contributed by atoms with Crippen molar-refractivity contribution >= 4 is 16.2 Å². The van der Waals surface area contributed by atoms with Crippen LogP contribution in [0.3, 0.4) is 0 Å². The van der Waals surface area contributed by atoms with Crippen LogP contribution in [0.5, 0.6) is 0 Å². The van der Waals surface area contributed by atoms with Crippen LogP contribution in [0.2, 0.25) is 0 Å². The zero-order chi connectivity index (χ0) is 17.1. The predicted molar refractivity (Wildman–Crippen MR) is 86.7 cm³/mol. The number of hydrogen-bond acceptors (Lipinski definition) is 5. The fraction of sp³-hybridized carbons (Fsp3) is 0.833. The third-order valence-electron chi connectivity index (χ3n) is 7.45. The predicted octanol–water partition coefficient (Wildman–Crippen LogP) is -0.0224. The van der Waals surface area contributed by atoms with E-state index in [0.717, 1.165) is 38.5 Å². The van der Waals surface area contributed by atoms with Crippen LogP contribution >= 0.6 is 0 Å². The Bertz CT molecular complexity index is 688. The van der Waals surface area contributed by atoms with E-state index in [1.165, 1.54) is 5.57 Å². The molecule has 4 rings (SSSR count). The van der Waals surface area contributed by atoms with Gasteiger partial charge in [-0.2, -0.15) is 0 Å². The fourth-order valence-electron chi connectivity index (χ4n) is 6.43. The van der Waals surface area contributed by atoms with Crippen LogP contribution in [0.4, 0.5) is 0 Å². The fourth-order valence-corrected chi connectivity index (χ4v) is 7.03. The molecule has 0 N–H and O–H groups in total. The summed E-state index contributed by atoms with van der Waals surface area (Å²) in [5.41, 5.74) is 1.15. The van der Waals surface area contributed by atoms with E-state index >= 15 is 0 Å². The minimum Gasteiger partial charge on any atom is -0.726 e. The molecular formula is C18H25NaO5S. The van der Waals surface area contributed by atoms with Gasteiger partial charge in [0.1, 0.15) is 0 Å². The molecule has 0 radical (unpaired) electrons. The molecule has 3 saturated carbocycles. The summed E-state index contributed by atoms with van der Waals surface area (Å²) in [5, 5.41) is 0. The minimum atomic E-state index is -4.65. The van der Waals surface area contributed by atoms with Gasteiger partial charge in [-0.15, -0.1) is 0 Å². The summed E-state index contributed by atoms with van der Waals surface area (Å²) in [4.78, 5) is 11.7. The molecule has 0 aliphatic heterocycles. The van der Waals surface area contributed by atoms with E-state index in [1.807, 2.05) is 6.08 Å². The molecule has 0 bridgehead atoms. The Morgan fingerprint density at radius 1 is 1.12 bits per heavy atom. The Kier molecular flexibility index (Phi) is 5.63. The molecule has 3 fully saturated rings. The van der Waals surface area contributed by atoms with Gasteiger partial charge >= 0.3 is 29.6 Å². The van der Waals surface area contributed by atoms with Crippen LogP contribution in [0.25, 0.3) is 0 Å². The Hall–Kier alpha value is 0.280. The maximum absolute atomic E-state index is 11.7. The topological polar surface area (TPSA) is 83.5 Å². The molecular weight excluding hydrogens is 351 g/mol. The van der Waals surface area contributed by atoms with Gasteiger partial charge in [0.05, 0.1) is 6.10 Å². The van der Waals surface area contributed by atoms with Gasteiger partial charge in [0.25, 0.3) is 0 Å². The average molecular weight is 376 g/mol. The van der Waals surface area contributed by atoms with Gasteiger partial charge in [-0.05, 0) is 80.1 Å². The number of carbonyl (C=O) groups excluding carboxylic acids is 1. The summed E-state index contributed by atoms with van der Waals surface area (Å²) in [6.07, 6.45) is 8.72. The molecule has 0 aromatic carbocycles. The van der Waals surface area contributed by atoms with Crippen molar-refractivity contribution in [2.45, 2.75) is 64.4 Å². The molecule has 0 aromatic rings. The van der Waals surface area contributed by atoms with E-state index in [2.05, 4.69) is 6.92 Å². The summed E-state index contributed by atoms with van der Waals surface area (Å²) in [6, 6.07) is 0. The van der Waals surface area contributed by atoms with Gasteiger partial charge in [-0.1, -0.05) is 12.5 Å². The molecule has 7 heteroatoms. The van der Waals surface area contributed by atoms with Crippen molar-refractivity contribution in [1.29, 1.82) is 0 Å². The van der Waals surface area contributed by atoms with Crippen molar-refractivity contribution in [3.05, 3.63) is 11.6 Å². The van der Waals surface area contributed by atoms with Crippen LogP contribution in [0.15, 0.2) is 11.6 Å². The average Bonchev–Trinajstić information content (AvgIpc) is 2.82. The molecule has 6 atom stereocenters. The van der Waals surface area contributed by atoms with Crippen LogP contribution in [-0.4, -0.2) is 24.9 Å². The Morgan fingerprint density at radius 2 is 1.88 bits per heavy atom. The standard InChI is InChI=1S/C18H26O5S.Na/c1-18-9-8-14-13-5-3-12(19)10-11(13)2-4-15(14)16(18)6-7-17(18)23-24(20,21)22;/h10,13-17H,2-9H2,1H3,(H,20,21,22);/q;+1/p-1. The Morgan fingerprint density at radius 3 is 2.60 bits per heavy atom. The third kappa shape index (κ3) is 3.55. The van der Waals surface area contributed by atoms with Crippen molar-refractivity contribution in [2.24, 2.45) is 29.1 Å². The van der Waals surface area contributed by atoms with Gasteiger partial charge in [0.15, 0.2) is 5.78 Å². The number of hydrogen-bond donors (Lipinski definition) is 0. The van der Waals surface area contributed by atoms with Crippen LogP contribution in [0, 0.1) is 29.1 Å². The Balaban J connectivity index is 0.00000182. The minimum absolute atomic E-state index is 0. The maximum Gasteiger partial charge on any atom is 1.00 e. The second-order valence-electron chi connectivity index (χ2n) is 8.42. The number of allylic oxidation sites excluding steroid dienone is 1. The molecule has 6 unspecified atom stereocenters. The van der Waals surface area contributed by atoms with E-state index < -0.39 is 16.5 Å². The van der Waals surface area contributed by atoms with Gasteiger partial charge in [-0.3, -0.25) is 8.98 Å². The summed E-state index contributed by atoms with van der Waals surface area (Å²) < 4.78 is 38.2. The third-order valence-corrected chi connectivity index (χ3v) is 7.92. The number of carbonyl (C=O) groups is 1. The summed E-state index contributed by atoms with van der Waals surface area (Å²) in [6.45, 7) is 2.12. The first-order valence-electron chi connectivity index (χ1n) is 9.15. The molecule has 0 spiro atoms. The molecule has 0 aromatic heterocycles. The molecule has 0 heterocycles.